The largest absolute Gasteiger partial charge is 0.381 e. The molecule has 6 nitrogen and oxygen atoms in total. The minimum Gasteiger partial charge on any atom is -0.381 e. The highest BCUT2D eigenvalue weighted by Gasteiger charge is 2.42. The minimum absolute atomic E-state index is 0.335. The fourth-order valence-electron chi connectivity index (χ4n) is 3.87. The van der Waals surface area contributed by atoms with E-state index in [0.717, 1.165) is 55.9 Å². The van der Waals surface area contributed by atoms with Gasteiger partial charge in [0.05, 0.1) is 18.5 Å². The first-order chi connectivity index (χ1) is 12.8. The van der Waals surface area contributed by atoms with Crippen LogP contribution in [0.2, 0.25) is 0 Å². The fourth-order valence-corrected chi connectivity index (χ4v) is 3.87. The highest BCUT2D eigenvalue weighted by molar-refractivity contribution is 5.80. The number of ether oxygens (including phenoxy) is 1. The molecule has 2 N–H and O–H groups in total. The zero-order valence-electron chi connectivity index (χ0n) is 15.4. The first-order valence-corrected chi connectivity index (χ1v) is 9.48. The zero-order valence-corrected chi connectivity index (χ0v) is 15.4. The maximum Gasteiger partial charge on any atom is 0.194 e. The molecule has 6 heteroatoms. The second-order valence-electron chi connectivity index (χ2n) is 7.25. The molecular formula is C20H27N5O. The Morgan fingerprint density at radius 3 is 3.00 bits per heavy atom. The molecule has 1 atom stereocenters. The Morgan fingerprint density at radius 1 is 1.35 bits per heavy atom. The van der Waals surface area contributed by atoms with Crippen LogP contribution in [0.1, 0.15) is 25.6 Å². The fraction of sp³-hybridized carbons (Fsp3) is 0.500. The molecule has 2 saturated heterocycles. The molecule has 2 aromatic rings. The summed E-state index contributed by atoms with van der Waals surface area (Å²) in [6, 6.07) is 10.3. The van der Waals surface area contributed by atoms with Gasteiger partial charge < -0.3 is 19.9 Å². The number of hydrogen-bond donors (Lipinski definition) is 2. The molecule has 2 aliphatic heterocycles. The van der Waals surface area contributed by atoms with Crippen molar-refractivity contribution in [3.63, 3.8) is 0 Å². The number of imidazole rings is 1. The number of nitrogens with one attached hydrogen (secondary N) is 2. The van der Waals surface area contributed by atoms with E-state index < -0.39 is 0 Å². The Kier molecular flexibility index (Phi) is 4.93. The Hall–Kier alpha value is -2.34. The molecule has 0 radical (unpaired) electrons. The van der Waals surface area contributed by atoms with Crippen LogP contribution < -0.4 is 5.32 Å². The van der Waals surface area contributed by atoms with Gasteiger partial charge in [-0.25, -0.2) is 9.98 Å². The SMILES string of the molecule is CCNC(=NCc1ncc(-c2ccccc2)[nH]1)N1CCC2(CCOC2)C1. The predicted octanol–water partition coefficient (Wildman–Crippen LogP) is 2.65. The van der Waals surface area contributed by atoms with Crippen molar-refractivity contribution in [1.29, 1.82) is 0 Å². The van der Waals surface area contributed by atoms with E-state index >= 15 is 0 Å². The van der Waals surface area contributed by atoms with E-state index in [4.69, 9.17) is 9.73 Å². The highest BCUT2D eigenvalue weighted by Crippen LogP contribution is 2.38. The number of aromatic amines is 1. The van der Waals surface area contributed by atoms with Crippen molar-refractivity contribution in [3.05, 3.63) is 42.4 Å². The standard InChI is InChI=1S/C20H27N5O/c1-2-21-19(25-10-8-20(14-25)9-11-26-15-20)23-13-18-22-12-17(24-18)16-6-4-3-5-7-16/h3-7,12H,2,8-11,13-15H2,1H3,(H,21,23)(H,22,24). The molecule has 1 aromatic carbocycles. The van der Waals surface area contributed by atoms with Gasteiger partial charge in [0.15, 0.2) is 5.96 Å². The highest BCUT2D eigenvalue weighted by atomic mass is 16.5. The van der Waals surface area contributed by atoms with Gasteiger partial charge in [0.25, 0.3) is 0 Å². The molecule has 138 valence electrons. The van der Waals surface area contributed by atoms with Gasteiger partial charge in [0, 0.05) is 31.7 Å². The van der Waals surface area contributed by atoms with Crippen molar-refractivity contribution in [2.75, 3.05) is 32.8 Å². The molecule has 1 spiro atoms. The molecule has 0 amide bonds. The molecule has 1 unspecified atom stereocenters. The molecule has 2 aliphatic rings. The van der Waals surface area contributed by atoms with E-state index in [1.807, 2.05) is 24.4 Å². The summed E-state index contributed by atoms with van der Waals surface area (Å²) < 4.78 is 5.64. The normalized spacial score (nSPS) is 23.1. The number of hydrogen-bond acceptors (Lipinski definition) is 3. The smallest absolute Gasteiger partial charge is 0.194 e. The third-order valence-corrected chi connectivity index (χ3v) is 5.35. The lowest BCUT2D eigenvalue weighted by Crippen LogP contribution is -2.41. The Balaban J connectivity index is 1.44. The molecule has 26 heavy (non-hydrogen) atoms. The third kappa shape index (κ3) is 3.60. The Bertz CT molecular complexity index is 749. The molecular weight excluding hydrogens is 326 g/mol. The van der Waals surface area contributed by atoms with E-state index in [0.29, 0.717) is 12.0 Å². The zero-order chi connectivity index (χ0) is 17.8. The number of H-pyrrole nitrogens is 1. The second-order valence-corrected chi connectivity index (χ2v) is 7.25. The summed E-state index contributed by atoms with van der Waals surface area (Å²) in [5.74, 6) is 1.87. The van der Waals surface area contributed by atoms with E-state index in [9.17, 15) is 0 Å². The number of nitrogens with zero attached hydrogens (tertiary/aromatic N) is 3. The van der Waals surface area contributed by atoms with Crippen molar-refractivity contribution in [2.45, 2.75) is 26.3 Å². The van der Waals surface area contributed by atoms with E-state index in [1.54, 1.807) is 0 Å². The van der Waals surface area contributed by atoms with Crippen LogP contribution >= 0.6 is 0 Å². The van der Waals surface area contributed by atoms with Gasteiger partial charge in [-0.3, -0.25) is 0 Å². The summed E-state index contributed by atoms with van der Waals surface area (Å²) in [6.07, 6.45) is 4.24. The Labute approximate surface area is 154 Å². The van der Waals surface area contributed by atoms with E-state index in [-0.39, 0.29) is 0 Å². The maximum absolute atomic E-state index is 5.64. The lowest BCUT2D eigenvalue weighted by molar-refractivity contribution is 0.156. The van der Waals surface area contributed by atoms with Crippen LogP contribution in [0.4, 0.5) is 0 Å². The molecule has 2 fully saturated rings. The molecule has 0 saturated carbocycles. The number of aromatic nitrogens is 2. The van der Waals surface area contributed by atoms with Crippen LogP contribution in [-0.2, 0) is 11.3 Å². The molecule has 3 heterocycles. The maximum atomic E-state index is 5.64. The van der Waals surface area contributed by atoms with Crippen molar-refractivity contribution in [2.24, 2.45) is 10.4 Å². The summed E-state index contributed by atoms with van der Waals surface area (Å²) in [5, 5.41) is 3.43. The Morgan fingerprint density at radius 2 is 2.23 bits per heavy atom. The first kappa shape index (κ1) is 17.1. The van der Waals surface area contributed by atoms with Crippen LogP contribution in [0.3, 0.4) is 0 Å². The quantitative estimate of drug-likeness (QED) is 0.655. The lowest BCUT2D eigenvalue weighted by Gasteiger charge is -2.24. The van der Waals surface area contributed by atoms with Crippen LogP contribution in [-0.4, -0.2) is 53.7 Å². The van der Waals surface area contributed by atoms with Crippen molar-refractivity contribution < 1.29 is 4.74 Å². The van der Waals surface area contributed by atoms with Gasteiger partial charge >= 0.3 is 0 Å². The van der Waals surface area contributed by atoms with Crippen LogP contribution in [0, 0.1) is 5.41 Å². The average molecular weight is 353 g/mol. The number of rotatable bonds is 4. The van der Waals surface area contributed by atoms with Gasteiger partial charge in [-0.15, -0.1) is 0 Å². The first-order valence-electron chi connectivity index (χ1n) is 9.48. The number of benzene rings is 1. The average Bonchev–Trinajstić information content (AvgIpc) is 3.42. The van der Waals surface area contributed by atoms with Crippen molar-refractivity contribution >= 4 is 5.96 Å². The van der Waals surface area contributed by atoms with E-state index in [2.05, 4.69) is 39.2 Å². The van der Waals surface area contributed by atoms with Crippen molar-refractivity contribution in [3.8, 4) is 11.3 Å². The topological polar surface area (TPSA) is 65.5 Å². The van der Waals surface area contributed by atoms with Crippen LogP contribution in [0.25, 0.3) is 11.3 Å². The van der Waals surface area contributed by atoms with Gasteiger partial charge in [-0.05, 0) is 25.3 Å². The monoisotopic (exact) mass is 353 g/mol. The van der Waals surface area contributed by atoms with Crippen LogP contribution in [0.5, 0.6) is 0 Å². The van der Waals surface area contributed by atoms with Crippen molar-refractivity contribution in [1.82, 2.24) is 20.2 Å². The third-order valence-electron chi connectivity index (χ3n) is 5.35. The molecule has 4 rings (SSSR count). The molecule has 0 bridgehead atoms. The summed E-state index contributed by atoms with van der Waals surface area (Å²) in [6.45, 7) is 7.40. The number of likely N-dealkylation sites (tertiary alicyclic amines) is 1. The summed E-state index contributed by atoms with van der Waals surface area (Å²) >= 11 is 0. The summed E-state index contributed by atoms with van der Waals surface area (Å²) in [5.41, 5.74) is 2.51. The predicted molar refractivity (Wildman–Crippen MR) is 103 cm³/mol. The lowest BCUT2D eigenvalue weighted by atomic mass is 9.87. The van der Waals surface area contributed by atoms with Gasteiger partial charge in [-0.1, -0.05) is 30.3 Å². The van der Waals surface area contributed by atoms with Gasteiger partial charge in [-0.2, -0.15) is 0 Å². The van der Waals surface area contributed by atoms with E-state index in [1.165, 1.54) is 12.8 Å². The van der Waals surface area contributed by atoms with Crippen LogP contribution in [0.15, 0.2) is 41.5 Å². The summed E-state index contributed by atoms with van der Waals surface area (Å²) in [4.78, 5) is 15.1. The molecule has 1 aromatic heterocycles. The molecule has 0 aliphatic carbocycles. The summed E-state index contributed by atoms with van der Waals surface area (Å²) in [7, 11) is 0. The van der Waals surface area contributed by atoms with Gasteiger partial charge in [0.1, 0.15) is 12.4 Å². The number of guanidine groups is 1. The van der Waals surface area contributed by atoms with Gasteiger partial charge in [0.2, 0.25) is 0 Å². The number of aliphatic imine (C=N–C) groups is 1. The minimum atomic E-state index is 0.335. The second kappa shape index (κ2) is 7.50.